The summed E-state index contributed by atoms with van der Waals surface area (Å²) in [6.07, 6.45) is 3.98. The largest absolute Gasteiger partial charge is 0.353 e. The smallest absolute Gasteiger partial charge is 0.317 e. The van der Waals surface area contributed by atoms with Gasteiger partial charge in [-0.3, -0.25) is 0 Å². The summed E-state index contributed by atoms with van der Waals surface area (Å²) in [5, 5.41) is 2.89. The van der Waals surface area contributed by atoms with Crippen molar-refractivity contribution in [1.29, 1.82) is 0 Å². The van der Waals surface area contributed by atoms with Crippen molar-refractivity contribution >= 4 is 6.03 Å². The van der Waals surface area contributed by atoms with Gasteiger partial charge in [-0.05, 0) is 26.0 Å². The molecule has 0 radical (unpaired) electrons. The molecule has 4 heteroatoms. The number of nitrogens with zero attached hydrogens (tertiary/aromatic N) is 2. The van der Waals surface area contributed by atoms with Gasteiger partial charge in [0, 0.05) is 38.6 Å². The molecule has 0 aliphatic rings. The molecular weight excluding hydrogens is 190 g/mol. The molecule has 0 aliphatic heterocycles. The maximum Gasteiger partial charge on any atom is 0.317 e. The van der Waals surface area contributed by atoms with Crippen molar-refractivity contribution in [2.24, 2.45) is 0 Å². The topological polar surface area (TPSA) is 37.3 Å². The summed E-state index contributed by atoms with van der Waals surface area (Å²) in [6, 6.07) is 3.98. The Morgan fingerprint density at radius 3 is 2.40 bits per heavy atom. The highest BCUT2D eigenvalue weighted by molar-refractivity contribution is 5.73. The molecule has 0 atom stereocenters. The molecule has 1 heterocycles. The van der Waals surface area contributed by atoms with Crippen LogP contribution in [0.1, 0.15) is 13.8 Å². The van der Waals surface area contributed by atoms with Crippen LogP contribution in [0.25, 0.3) is 0 Å². The number of urea groups is 1. The van der Waals surface area contributed by atoms with Gasteiger partial charge in [0.2, 0.25) is 0 Å². The van der Waals surface area contributed by atoms with Gasteiger partial charge < -0.3 is 14.8 Å². The fraction of sp³-hybridized carbons (Fsp3) is 0.545. The van der Waals surface area contributed by atoms with E-state index in [2.05, 4.69) is 5.32 Å². The second-order valence-corrected chi connectivity index (χ2v) is 3.33. The number of hydrogen-bond donors (Lipinski definition) is 1. The average Bonchev–Trinajstić information content (AvgIpc) is 2.72. The molecule has 2 amide bonds. The standard InChI is InChI=1S/C11H19N3O/c1-3-14(4-2)11(15)12-7-10-13-8-5-6-9-13/h5-6,8-9H,3-4,7,10H2,1-2H3,(H,12,15). The first-order valence-corrected chi connectivity index (χ1v) is 5.41. The molecule has 0 saturated carbocycles. The van der Waals surface area contributed by atoms with E-state index in [1.807, 2.05) is 42.9 Å². The van der Waals surface area contributed by atoms with Crippen molar-refractivity contribution in [1.82, 2.24) is 14.8 Å². The van der Waals surface area contributed by atoms with Crippen LogP contribution >= 0.6 is 0 Å². The Morgan fingerprint density at radius 2 is 1.87 bits per heavy atom. The summed E-state index contributed by atoms with van der Waals surface area (Å²) in [4.78, 5) is 13.3. The number of carbonyl (C=O) groups excluding carboxylic acids is 1. The van der Waals surface area contributed by atoms with Gasteiger partial charge in [0.15, 0.2) is 0 Å². The Kier molecular flexibility index (Phi) is 4.74. The predicted molar refractivity (Wildman–Crippen MR) is 60.8 cm³/mol. The summed E-state index contributed by atoms with van der Waals surface area (Å²) in [6.45, 7) is 6.96. The van der Waals surface area contributed by atoms with Crippen LogP contribution < -0.4 is 5.32 Å². The lowest BCUT2D eigenvalue weighted by atomic mass is 10.5. The molecule has 0 bridgehead atoms. The average molecular weight is 209 g/mol. The van der Waals surface area contributed by atoms with Gasteiger partial charge in [-0.15, -0.1) is 0 Å². The van der Waals surface area contributed by atoms with E-state index < -0.39 is 0 Å². The first kappa shape index (κ1) is 11.6. The Morgan fingerprint density at radius 1 is 1.27 bits per heavy atom. The van der Waals surface area contributed by atoms with E-state index in [0.29, 0.717) is 6.54 Å². The molecule has 0 fully saturated rings. The van der Waals surface area contributed by atoms with Crippen LogP contribution in [-0.4, -0.2) is 35.1 Å². The van der Waals surface area contributed by atoms with Crippen molar-refractivity contribution in [3.05, 3.63) is 24.5 Å². The molecule has 15 heavy (non-hydrogen) atoms. The van der Waals surface area contributed by atoms with Crippen molar-refractivity contribution < 1.29 is 4.79 Å². The SMILES string of the molecule is CCN(CC)C(=O)NCCn1cccc1. The molecule has 0 unspecified atom stereocenters. The fourth-order valence-electron chi connectivity index (χ4n) is 1.43. The monoisotopic (exact) mass is 209 g/mol. The summed E-state index contributed by atoms with van der Waals surface area (Å²) in [5.74, 6) is 0. The predicted octanol–water partition coefficient (Wildman–Crippen LogP) is 1.54. The maximum absolute atomic E-state index is 11.5. The zero-order chi connectivity index (χ0) is 11.1. The highest BCUT2D eigenvalue weighted by atomic mass is 16.2. The zero-order valence-corrected chi connectivity index (χ0v) is 9.44. The van der Waals surface area contributed by atoms with Gasteiger partial charge in [-0.2, -0.15) is 0 Å². The summed E-state index contributed by atoms with van der Waals surface area (Å²) < 4.78 is 2.04. The van der Waals surface area contributed by atoms with Crippen LogP contribution in [0.5, 0.6) is 0 Å². The molecule has 0 aliphatic carbocycles. The third-order valence-electron chi connectivity index (χ3n) is 2.36. The second kappa shape index (κ2) is 6.11. The van der Waals surface area contributed by atoms with Gasteiger partial charge in [0.25, 0.3) is 0 Å². The van der Waals surface area contributed by atoms with E-state index in [1.54, 1.807) is 4.90 Å². The van der Waals surface area contributed by atoms with Gasteiger partial charge in [0.05, 0.1) is 0 Å². The minimum atomic E-state index is 0.0205. The molecule has 0 saturated heterocycles. The highest BCUT2D eigenvalue weighted by Gasteiger charge is 2.06. The Hall–Kier alpha value is -1.45. The highest BCUT2D eigenvalue weighted by Crippen LogP contribution is 1.90. The Labute approximate surface area is 90.9 Å². The van der Waals surface area contributed by atoms with E-state index in [4.69, 9.17) is 0 Å². The minimum absolute atomic E-state index is 0.0205. The number of hydrogen-bond acceptors (Lipinski definition) is 1. The van der Waals surface area contributed by atoms with E-state index in [-0.39, 0.29) is 6.03 Å². The number of aromatic nitrogens is 1. The van der Waals surface area contributed by atoms with Crippen molar-refractivity contribution in [3.63, 3.8) is 0 Å². The van der Waals surface area contributed by atoms with Gasteiger partial charge in [-0.1, -0.05) is 0 Å². The first-order chi connectivity index (χ1) is 7.27. The van der Waals surface area contributed by atoms with Crippen LogP contribution in [0.4, 0.5) is 4.79 Å². The normalized spacial score (nSPS) is 10.0. The van der Waals surface area contributed by atoms with E-state index in [1.165, 1.54) is 0 Å². The Bertz CT molecular complexity index is 278. The summed E-state index contributed by atoms with van der Waals surface area (Å²) >= 11 is 0. The van der Waals surface area contributed by atoms with E-state index >= 15 is 0 Å². The lowest BCUT2D eigenvalue weighted by Crippen LogP contribution is -2.40. The number of nitrogens with one attached hydrogen (secondary N) is 1. The van der Waals surface area contributed by atoms with E-state index in [9.17, 15) is 4.79 Å². The molecule has 1 N–H and O–H groups in total. The van der Waals surface area contributed by atoms with Crippen molar-refractivity contribution in [2.75, 3.05) is 19.6 Å². The summed E-state index contributed by atoms with van der Waals surface area (Å²) in [7, 11) is 0. The second-order valence-electron chi connectivity index (χ2n) is 3.33. The molecule has 84 valence electrons. The number of rotatable bonds is 5. The first-order valence-electron chi connectivity index (χ1n) is 5.41. The lowest BCUT2D eigenvalue weighted by molar-refractivity contribution is 0.203. The molecule has 0 spiro atoms. The van der Waals surface area contributed by atoms with Crippen LogP contribution in [0, 0.1) is 0 Å². The van der Waals surface area contributed by atoms with Crippen LogP contribution in [0.3, 0.4) is 0 Å². The van der Waals surface area contributed by atoms with Crippen LogP contribution in [0.2, 0.25) is 0 Å². The molecular formula is C11H19N3O. The Balaban J connectivity index is 2.22. The maximum atomic E-state index is 11.5. The van der Waals surface area contributed by atoms with Crippen molar-refractivity contribution in [3.8, 4) is 0 Å². The molecule has 0 aromatic carbocycles. The van der Waals surface area contributed by atoms with Crippen molar-refractivity contribution in [2.45, 2.75) is 20.4 Å². The fourth-order valence-corrected chi connectivity index (χ4v) is 1.43. The number of amides is 2. The quantitative estimate of drug-likeness (QED) is 0.784. The lowest BCUT2D eigenvalue weighted by Gasteiger charge is -2.19. The van der Waals surface area contributed by atoms with Crippen LogP contribution in [0.15, 0.2) is 24.5 Å². The molecule has 4 nitrogen and oxygen atoms in total. The van der Waals surface area contributed by atoms with Gasteiger partial charge in [0.1, 0.15) is 0 Å². The zero-order valence-electron chi connectivity index (χ0n) is 9.44. The third kappa shape index (κ3) is 3.65. The van der Waals surface area contributed by atoms with E-state index in [0.717, 1.165) is 19.6 Å². The van der Waals surface area contributed by atoms with Gasteiger partial charge >= 0.3 is 6.03 Å². The van der Waals surface area contributed by atoms with Crippen LogP contribution in [-0.2, 0) is 6.54 Å². The number of carbonyl (C=O) groups is 1. The molecule has 1 aromatic rings. The summed E-state index contributed by atoms with van der Waals surface area (Å²) in [5.41, 5.74) is 0. The minimum Gasteiger partial charge on any atom is -0.353 e. The third-order valence-corrected chi connectivity index (χ3v) is 2.36. The van der Waals surface area contributed by atoms with Gasteiger partial charge in [-0.25, -0.2) is 4.79 Å². The molecule has 1 rings (SSSR count). The molecule has 1 aromatic heterocycles.